The Morgan fingerprint density at radius 2 is 1.32 bits per heavy atom. The van der Waals surface area contributed by atoms with Gasteiger partial charge in [0.15, 0.2) is 0 Å². The summed E-state index contributed by atoms with van der Waals surface area (Å²) >= 11 is 0. The Balaban J connectivity index is 0.00000225. The number of fused-ring (bicyclic) bond motifs is 2. The van der Waals surface area contributed by atoms with Crippen LogP contribution in [0.2, 0.25) is 0 Å². The van der Waals surface area contributed by atoms with Crippen molar-refractivity contribution in [2.75, 3.05) is 14.1 Å². The first-order valence-corrected chi connectivity index (χ1v) is 10.1. The van der Waals surface area contributed by atoms with Gasteiger partial charge in [0.05, 0.1) is 26.2 Å². The average Bonchev–Trinajstić information content (AvgIpc) is 2.61. The van der Waals surface area contributed by atoms with E-state index in [0.29, 0.717) is 18.0 Å². The van der Waals surface area contributed by atoms with E-state index >= 15 is 0 Å². The number of quaternary nitrogens is 1. The maximum absolute atomic E-state index is 10.5. The van der Waals surface area contributed by atoms with Gasteiger partial charge in [-0.05, 0) is 42.9 Å². The fraction of sp³-hybridized carbons (Fsp3) is 0.417. The minimum absolute atomic E-state index is 0. The van der Waals surface area contributed by atoms with Crippen LogP contribution in [0.1, 0.15) is 43.2 Å². The summed E-state index contributed by atoms with van der Waals surface area (Å²) in [5.41, 5.74) is 2.54. The number of nitrogens with zero attached hydrogens (tertiary/aromatic N) is 1. The highest BCUT2D eigenvalue weighted by Crippen LogP contribution is 2.43. The Morgan fingerprint density at radius 3 is 1.79 bits per heavy atom. The molecule has 2 bridgehead atoms. The van der Waals surface area contributed by atoms with E-state index in [9.17, 15) is 10.2 Å². The van der Waals surface area contributed by atoms with Crippen molar-refractivity contribution >= 4 is 5.57 Å². The molecule has 2 N–H and O–H groups in total. The highest BCUT2D eigenvalue weighted by Gasteiger charge is 2.45. The minimum Gasteiger partial charge on any atom is -1.00 e. The molecular weight excluding hydrogens is 414 g/mol. The maximum atomic E-state index is 10.5. The summed E-state index contributed by atoms with van der Waals surface area (Å²) in [5.74, 6) is 0.999. The summed E-state index contributed by atoms with van der Waals surface area (Å²) in [6, 6.07) is 16.3. The molecule has 2 aliphatic heterocycles. The van der Waals surface area contributed by atoms with Crippen molar-refractivity contribution in [1.29, 1.82) is 0 Å². The number of halogens is 1. The zero-order chi connectivity index (χ0) is 19.0. The van der Waals surface area contributed by atoms with E-state index in [0.717, 1.165) is 21.2 Å². The van der Waals surface area contributed by atoms with E-state index in [4.69, 9.17) is 0 Å². The zero-order valence-electron chi connectivity index (χ0n) is 16.7. The van der Waals surface area contributed by atoms with E-state index < -0.39 is 0 Å². The number of aromatic hydroxyl groups is 2. The SMILES string of the molecule is C[N+]1(C)C2CCCC1CC(C=C(c1ccccc1O)c1ccccc1O)C2.[Br-]. The summed E-state index contributed by atoms with van der Waals surface area (Å²) in [6.45, 7) is 0. The van der Waals surface area contributed by atoms with Crippen LogP contribution in [0.5, 0.6) is 11.5 Å². The van der Waals surface area contributed by atoms with Crippen molar-refractivity contribution in [2.24, 2.45) is 5.92 Å². The smallest absolute Gasteiger partial charge is 0.123 e. The highest BCUT2D eigenvalue weighted by molar-refractivity contribution is 5.85. The monoisotopic (exact) mass is 443 g/mol. The van der Waals surface area contributed by atoms with Crippen LogP contribution in [-0.4, -0.2) is 40.9 Å². The van der Waals surface area contributed by atoms with Crippen molar-refractivity contribution in [3.05, 3.63) is 65.7 Å². The lowest BCUT2D eigenvalue weighted by Gasteiger charge is -2.53. The van der Waals surface area contributed by atoms with Gasteiger partial charge in [-0.25, -0.2) is 0 Å². The number of phenolic OH excluding ortho intramolecular Hbond substituents is 2. The number of hydrogen-bond acceptors (Lipinski definition) is 2. The molecule has 2 heterocycles. The van der Waals surface area contributed by atoms with E-state index in [1.807, 2.05) is 36.4 Å². The Bertz CT molecular complexity index is 798. The Labute approximate surface area is 178 Å². The van der Waals surface area contributed by atoms with E-state index in [1.165, 1.54) is 32.1 Å². The van der Waals surface area contributed by atoms with Crippen molar-refractivity contribution in [3.8, 4) is 11.5 Å². The topological polar surface area (TPSA) is 40.5 Å². The fourth-order valence-corrected chi connectivity index (χ4v) is 5.23. The molecule has 2 aliphatic rings. The van der Waals surface area contributed by atoms with Crippen LogP contribution >= 0.6 is 0 Å². The molecule has 0 aromatic heterocycles. The normalized spacial score (nSPS) is 25.4. The molecule has 0 aliphatic carbocycles. The van der Waals surface area contributed by atoms with Crippen molar-refractivity contribution < 1.29 is 31.7 Å². The Morgan fingerprint density at radius 1 is 0.857 bits per heavy atom. The van der Waals surface area contributed by atoms with Gasteiger partial charge in [-0.3, -0.25) is 0 Å². The summed E-state index contributed by atoms with van der Waals surface area (Å²) in [4.78, 5) is 0. The molecule has 0 saturated carbocycles. The molecular formula is C24H30BrNO2. The van der Waals surface area contributed by atoms with Gasteiger partial charge in [0.1, 0.15) is 11.5 Å². The number of allylic oxidation sites excluding steroid dienone is 1. The lowest BCUT2D eigenvalue weighted by Crippen LogP contribution is -3.00. The predicted octanol–water partition coefficient (Wildman–Crippen LogP) is 1.94. The number of phenols is 2. The lowest BCUT2D eigenvalue weighted by atomic mass is 9.75. The van der Waals surface area contributed by atoms with Gasteiger partial charge in [-0.15, -0.1) is 0 Å². The van der Waals surface area contributed by atoms with Crippen LogP contribution < -0.4 is 17.0 Å². The Hall–Kier alpha value is -1.78. The molecule has 0 amide bonds. The third-order valence-corrected chi connectivity index (χ3v) is 6.90. The van der Waals surface area contributed by atoms with Crippen LogP contribution in [-0.2, 0) is 0 Å². The van der Waals surface area contributed by atoms with Crippen LogP contribution in [0.3, 0.4) is 0 Å². The molecule has 2 aromatic carbocycles. The quantitative estimate of drug-likeness (QED) is 0.711. The largest absolute Gasteiger partial charge is 1.00 e. The van der Waals surface area contributed by atoms with Crippen LogP contribution in [0.4, 0.5) is 0 Å². The van der Waals surface area contributed by atoms with E-state index in [2.05, 4.69) is 20.2 Å². The molecule has 0 radical (unpaired) electrons. The number of hydrogen-bond donors (Lipinski definition) is 2. The second-order valence-electron chi connectivity index (χ2n) is 8.71. The van der Waals surface area contributed by atoms with Gasteiger partial charge in [0.2, 0.25) is 0 Å². The first-order chi connectivity index (χ1) is 13.0. The molecule has 2 atom stereocenters. The van der Waals surface area contributed by atoms with Gasteiger partial charge < -0.3 is 31.7 Å². The van der Waals surface area contributed by atoms with Crippen molar-refractivity contribution in [3.63, 3.8) is 0 Å². The summed E-state index contributed by atoms with van der Waals surface area (Å²) in [5, 5.41) is 21.0. The first kappa shape index (κ1) is 20.9. The van der Waals surface area contributed by atoms with Gasteiger partial charge >= 0.3 is 0 Å². The van der Waals surface area contributed by atoms with Crippen LogP contribution in [0, 0.1) is 5.92 Å². The molecule has 0 spiro atoms. The standard InChI is InChI=1S/C24H29NO2.BrH/c1-25(2)18-8-7-9-19(25)15-17(14-18)16-22(20-10-3-5-12-23(20)26)21-11-4-6-13-24(21)27;/h3-6,10-13,16-19H,7-9,14-15H2,1-2H3,(H-,26,27);1H. The van der Waals surface area contributed by atoms with Crippen molar-refractivity contribution in [1.82, 2.24) is 0 Å². The molecule has 4 heteroatoms. The van der Waals surface area contributed by atoms with E-state index in [-0.39, 0.29) is 28.5 Å². The second kappa shape index (κ2) is 8.30. The molecule has 3 nitrogen and oxygen atoms in total. The molecule has 2 aromatic rings. The number of para-hydroxylation sites is 2. The third-order valence-electron chi connectivity index (χ3n) is 6.90. The number of benzene rings is 2. The lowest BCUT2D eigenvalue weighted by molar-refractivity contribution is -0.950. The molecule has 4 rings (SSSR count). The highest BCUT2D eigenvalue weighted by atomic mass is 79.9. The number of piperidine rings is 2. The molecule has 2 fully saturated rings. The number of rotatable bonds is 3. The van der Waals surface area contributed by atoms with Crippen molar-refractivity contribution in [2.45, 2.75) is 44.2 Å². The summed E-state index contributed by atoms with van der Waals surface area (Å²) < 4.78 is 1.15. The van der Waals surface area contributed by atoms with Gasteiger partial charge in [-0.2, -0.15) is 0 Å². The van der Waals surface area contributed by atoms with Crippen LogP contribution in [0.15, 0.2) is 54.6 Å². The third kappa shape index (κ3) is 3.85. The van der Waals surface area contributed by atoms with Gasteiger partial charge in [-0.1, -0.05) is 42.5 Å². The predicted molar refractivity (Wildman–Crippen MR) is 110 cm³/mol. The zero-order valence-corrected chi connectivity index (χ0v) is 18.3. The summed E-state index contributed by atoms with van der Waals surface area (Å²) in [6.07, 6.45) is 8.61. The molecule has 2 unspecified atom stereocenters. The molecule has 28 heavy (non-hydrogen) atoms. The van der Waals surface area contributed by atoms with E-state index in [1.54, 1.807) is 12.1 Å². The van der Waals surface area contributed by atoms with Crippen LogP contribution in [0.25, 0.3) is 5.57 Å². The minimum atomic E-state index is 0. The van der Waals surface area contributed by atoms with Gasteiger partial charge in [0.25, 0.3) is 0 Å². The first-order valence-electron chi connectivity index (χ1n) is 10.1. The summed E-state index contributed by atoms with van der Waals surface area (Å²) in [7, 11) is 4.78. The molecule has 150 valence electrons. The van der Waals surface area contributed by atoms with Gasteiger partial charge in [0, 0.05) is 24.0 Å². The average molecular weight is 444 g/mol. The Kier molecular flexibility index (Phi) is 6.21. The maximum Gasteiger partial charge on any atom is 0.123 e. The fourth-order valence-electron chi connectivity index (χ4n) is 5.23. The molecule has 2 saturated heterocycles. The second-order valence-corrected chi connectivity index (χ2v) is 8.71.